The summed E-state index contributed by atoms with van der Waals surface area (Å²) in [5.74, 6) is -0.0496. The highest BCUT2D eigenvalue weighted by molar-refractivity contribution is 9.10. The van der Waals surface area contributed by atoms with Gasteiger partial charge in [0.2, 0.25) is 0 Å². The maximum absolute atomic E-state index is 13.1. The molecule has 0 atom stereocenters. The summed E-state index contributed by atoms with van der Waals surface area (Å²) in [5.41, 5.74) is 2.93. The van der Waals surface area contributed by atoms with Gasteiger partial charge in [0.1, 0.15) is 0 Å². The number of carbonyl (C=O) groups is 2. The second-order valence-corrected chi connectivity index (χ2v) is 8.16. The van der Waals surface area contributed by atoms with Crippen molar-refractivity contribution in [3.8, 4) is 0 Å². The summed E-state index contributed by atoms with van der Waals surface area (Å²) in [6.07, 6.45) is 3.24. The first-order chi connectivity index (χ1) is 13.5. The van der Waals surface area contributed by atoms with Crippen molar-refractivity contribution in [1.29, 1.82) is 0 Å². The summed E-state index contributed by atoms with van der Waals surface area (Å²) in [4.78, 5) is 26.9. The number of rotatable bonds is 3. The van der Waals surface area contributed by atoms with Crippen molar-refractivity contribution < 1.29 is 14.3 Å². The SMILES string of the molecule is CCOC(=O)N1C/C(=C/c2ccc(Br)cc2)C(=O)/C(=C\c2ccc(Br)cc2)C1. The van der Waals surface area contributed by atoms with Gasteiger partial charge in [0.05, 0.1) is 19.7 Å². The lowest BCUT2D eigenvalue weighted by Crippen LogP contribution is -2.41. The highest BCUT2D eigenvalue weighted by Gasteiger charge is 2.29. The molecular weight excluding hydrogens is 486 g/mol. The number of hydrogen-bond donors (Lipinski definition) is 0. The van der Waals surface area contributed by atoms with E-state index in [1.807, 2.05) is 60.7 Å². The van der Waals surface area contributed by atoms with E-state index in [9.17, 15) is 9.59 Å². The molecule has 28 heavy (non-hydrogen) atoms. The molecule has 6 heteroatoms. The molecule has 4 nitrogen and oxygen atoms in total. The molecule has 0 aliphatic carbocycles. The molecule has 0 spiro atoms. The van der Waals surface area contributed by atoms with Gasteiger partial charge in [-0.2, -0.15) is 0 Å². The topological polar surface area (TPSA) is 46.6 Å². The minimum absolute atomic E-state index is 0.0496. The van der Waals surface area contributed by atoms with Crippen LogP contribution >= 0.6 is 31.9 Å². The first-order valence-electron chi connectivity index (χ1n) is 8.85. The van der Waals surface area contributed by atoms with Crippen LogP contribution in [0.4, 0.5) is 4.79 Å². The van der Waals surface area contributed by atoms with Crippen LogP contribution in [0.5, 0.6) is 0 Å². The minimum Gasteiger partial charge on any atom is -0.450 e. The lowest BCUT2D eigenvalue weighted by Gasteiger charge is -2.29. The average molecular weight is 505 g/mol. The van der Waals surface area contributed by atoms with Gasteiger partial charge in [-0.05, 0) is 54.5 Å². The summed E-state index contributed by atoms with van der Waals surface area (Å²) < 4.78 is 7.09. The van der Waals surface area contributed by atoms with Crippen LogP contribution in [0.3, 0.4) is 0 Å². The van der Waals surface area contributed by atoms with Gasteiger partial charge in [-0.15, -0.1) is 0 Å². The molecule has 0 radical (unpaired) electrons. The standard InChI is InChI=1S/C22H19Br2NO3/c1-2-28-22(27)25-13-17(11-15-3-7-19(23)8-4-15)21(26)18(14-25)12-16-5-9-20(24)10-6-16/h3-12H,2,13-14H2,1H3/b17-11-,18-12-. The zero-order valence-corrected chi connectivity index (χ0v) is 18.5. The van der Waals surface area contributed by atoms with Crippen LogP contribution in [-0.4, -0.2) is 36.5 Å². The fraction of sp³-hybridized carbons (Fsp3) is 0.182. The summed E-state index contributed by atoms with van der Waals surface area (Å²) in [5, 5.41) is 0. The van der Waals surface area contributed by atoms with Gasteiger partial charge >= 0.3 is 6.09 Å². The Balaban J connectivity index is 1.96. The van der Waals surface area contributed by atoms with E-state index in [-0.39, 0.29) is 18.9 Å². The number of ether oxygens (including phenoxy) is 1. The van der Waals surface area contributed by atoms with Crippen molar-refractivity contribution in [3.63, 3.8) is 0 Å². The molecule has 2 aromatic rings. The van der Waals surface area contributed by atoms with Gasteiger partial charge in [-0.3, -0.25) is 9.69 Å². The minimum atomic E-state index is -0.418. The maximum atomic E-state index is 13.1. The zero-order chi connectivity index (χ0) is 20.1. The molecule has 144 valence electrons. The van der Waals surface area contributed by atoms with Gasteiger partial charge in [0, 0.05) is 20.1 Å². The molecule has 0 aromatic heterocycles. The number of benzene rings is 2. The molecule has 2 aromatic carbocycles. The van der Waals surface area contributed by atoms with E-state index in [0.717, 1.165) is 20.1 Å². The molecule has 0 unspecified atom stereocenters. The van der Waals surface area contributed by atoms with Gasteiger partial charge in [-0.25, -0.2) is 4.79 Å². The van der Waals surface area contributed by atoms with E-state index < -0.39 is 6.09 Å². The van der Waals surface area contributed by atoms with E-state index in [0.29, 0.717) is 17.8 Å². The van der Waals surface area contributed by atoms with Crippen LogP contribution in [0.25, 0.3) is 12.2 Å². The predicted molar refractivity (Wildman–Crippen MR) is 118 cm³/mol. The molecule has 0 N–H and O–H groups in total. The largest absolute Gasteiger partial charge is 0.450 e. The normalized spacial score (nSPS) is 17.2. The van der Waals surface area contributed by atoms with Crippen molar-refractivity contribution in [1.82, 2.24) is 4.90 Å². The zero-order valence-electron chi connectivity index (χ0n) is 15.3. The molecule has 1 saturated heterocycles. The highest BCUT2D eigenvalue weighted by Crippen LogP contribution is 2.24. The first-order valence-corrected chi connectivity index (χ1v) is 10.4. The lowest BCUT2D eigenvalue weighted by atomic mass is 9.94. The summed E-state index contributed by atoms with van der Waals surface area (Å²) in [6.45, 7) is 2.52. The molecule has 1 amide bonds. The second kappa shape index (κ2) is 9.34. The van der Waals surface area contributed by atoms with Crippen LogP contribution in [0.1, 0.15) is 18.1 Å². The van der Waals surface area contributed by atoms with E-state index >= 15 is 0 Å². The molecule has 3 rings (SSSR count). The number of piperidine rings is 1. The number of nitrogens with zero attached hydrogens (tertiary/aromatic N) is 1. The van der Waals surface area contributed by atoms with Crippen LogP contribution < -0.4 is 0 Å². The van der Waals surface area contributed by atoms with Crippen LogP contribution in [0.2, 0.25) is 0 Å². The molecular formula is C22H19Br2NO3. The highest BCUT2D eigenvalue weighted by atomic mass is 79.9. The van der Waals surface area contributed by atoms with Gasteiger partial charge in [-0.1, -0.05) is 56.1 Å². The average Bonchev–Trinajstić information content (AvgIpc) is 2.68. The Labute approximate surface area is 181 Å². The van der Waals surface area contributed by atoms with E-state index in [4.69, 9.17) is 4.74 Å². The number of ketones is 1. The lowest BCUT2D eigenvalue weighted by molar-refractivity contribution is -0.113. The van der Waals surface area contributed by atoms with Crippen LogP contribution in [0.15, 0.2) is 68.6 Å². The Morgan fingerprint density at radius 1 is 0.929 bits per heavy atom. The van der Waals surface area contributed by atoms with E-state index in [1.54, 1.807) is 11.8 Å². The smallest absolute Gasteiger partial charge is 0.410 e. The summed E-state index contributed by atoms with van der Waals surface area (Å²) in [6, 6.07) is 15.4. The Kier molecular flexibility index (Phi) is 6.86. The fourth-order valence-corrected chi connectivity index (χ4v) is 3.43. The van der Waals surface area contributed by atoms with Crippen molar-refractivity contribution in [2.45, 2.75) is 6.92 Å². The molecule has 0 saturated carbocycles. The number of amides is 1. The summed E-state index contributed by atoms with van der Waals surface area (Å²) in [7, 11) is 0. The van der Waals surface area contributed by atoms with Gasteiger partial charge < -0.3 is 4.74 Å². The second-order valence-electron chi connectivity index (χ2n) is 6.33. The van der Waals surface area contributed by atoms with Gasteiger partial charge in [0.15, 0.2) is 5.78 Å². The number of Topliss-reactive ketones (excluding diaryl/α,β-unsaturated/α-hetero) is 1. The monoisotopic (exact) mass is 503 g/mol. The first kappa shape index (κ1) is 20.6. The molecule has 1 heterocycles. The van der Waals surface area contributed by atoms with Crippen LogP contribution in [-0.2, 0) is 9.53 Å². The van der Waals surface area contributed by atoms with Crippen molar-refractivity contribution in [2.75, 3.05) is 19.7 Å². The maximum Gasteiger partial charge on any atom is 0.410 e. The van der Waals surface area contributed by atoms with Crippen molar-refractivity contribution >= 4 is 55.9 Å². The number of likely N-dealkylation sites (tertiary alicyclic amines) is 1. The van der Waals surface area contributed by atoms with Crippen molar-refractivity contribution in [2.24, 2.45) is 0 Å². The Bertz CT molecular complexity index is 864. The van der Waals surface area contributed by atoms with E-state index in [2.05, 4.69) is 31.9 Å². The Hall–Kier alpha value is -2.18. The van der Waals surface area contributed by atoms with Crippen LogP contribution in [0, 0.1) is 0 Å². The number of carbonyl (C=O) groups excluding carboxylic acids is 2. The molecule has 1 fully saturated rings. The molecule has 0 bridgehead atoms. The molecule has 1 aliphatic heterocycles. The van der Waals surface area contributed by atoms with E-state index in [1.165, 1.54) is 0 Å². The van der Waals surface area contributed by atoms with Gasteiger partial charge in [0.25, 0.3) is 0 Å². The number of halogens is 2. The molecule has 1 aliphatic rings. The third-order valence-electron chi connectivity index (χ3n) is 4.25. The quantitative estimate of drug-likeness (QED) is 0.502. The van der Waals surface area contributed by atoms with Crippen molar-refractivity contribution in [3.05, 3.63) is 79.7 Å². The third kappa shape index (κ3) is 5.20. The Morgan fingerprint density at radius 2 is 1.36 bits per heavy atom. The summed E-state index contributed by atoms with van der Waals surface area (Å²) >= 11 is 6.82. The number of hydrogen-bond acceptors (Lipinski definition) is 3. The fourth-order valence-electron chi connectivity index (χ4n) is 2.90. The Morgan fingerprint density at radius 3 is 1.75 bits per heavy atom. The third-order valence-corrected chi connectivity index (χ3v) is 5.31. The predicted octanol–water partition coefficient (Wildman–Crippen LogP) is 5.72.